The van der Waals surface area contributed by atoms with E-state index < -0.39 is 72.0 Å². The highest BCUT2D eigenvalue weighted by Gasteiger charge is 2.61. The second-order valence-corrected chi connectivity index (χ2v) is 13.6. The lowest BCUT2D eigenvalue weighted by Gasteiger charge is -2.54. The van der Waals surface area contributed by atoms with Gasteiger partial charge in [-0.2, -0.15) is 0 Å². The highest BCUT2D eigenvalue weighted by atomic mass is 16.7. The maximum atomic E-state index is 14.1. The zero-order valence-electron chi connectivity index (χ0n) is 27.3. The van der Waals surface area contributed by atoms with Crippen LogP contribution in [-0.2, 0) is 33.3 Å². The Balaban J connectivity index is 1.54. The molecule has 0 aromatic rings. The van der Waals surface area contributed by atoms with Crippen LogP contribution < -0.4 is 0 Å². The van der Waals surface area contributed by atoms with Crippen molar-refractivity contribution in [1.29, 1.82) is 0 Å². The maximum Gasteiger partial charge on any atom is 0.316 e. The topological polar surface area (TPSA) is 141 Å². The van der Waals surface area contributed by atoms with Crippen molar-refractivity contribution in [1.82, 2.24) is 0 Å². The summed E-state index contributed by atoms with van der Waals surface area (Å²) in [5.74, 6) is -3.87. The minimum atomic E-state index is -1.80. The van der Waals surface area contributed by atoms with E-state index in [1.165, 1.54) is 0 Å². The predicted octanol–water partition coefficient (Wildman–Crippen LogP) is 3.83. The summed E-state index contributed by atoms with van der Waals surface area (Å²) in [7, 11) is 0. The number of hydrogen-bond acceptors (Lipinski definition) is 10. The summed E-state index contributed by atoms with van der Waals surface area (Å²) < 4.78 is 30.9. The van der Waals surface area contributed by atoms with Gasteiger partial charge in [0.1, 0.15) is 42.0 Å². The van der Waals surface area contributed by atoms with E-state index in [1.807, 2.05) is 26.0 Å². The van der Waals surface area contributed by atoms with Gasteiger partial charge in [0, 0.05) is 25.2 Å². The van der Waals surface area contributed by atoms with E-state index in [-0.39, 0.29) is 31.3 Å². The molecule has 3 N–H and O–H groups in total. The van der Waals surface area contributed by atoms with Crippen molar-refractivity contribution in [3.05, 3.63) is 47.1 Å². The molecule has 0 saturated carbocycles. The van der Waals surface area contributed by atoms with Crippen LogP contribution >= 0.6 is 0 Å². The molecule has 45 heavy (non-hydrogen) atoms. The number of ether oxygens (including phenoxy) is 5. The van der Waals surface area contributed by atoms with Crippen LogP contribution in [0.1, 0.15) is 80.1 Å². The van der Waals surface area contributed by atoms with Crippen LogP contribution in [0, 0.1) is 17.8 Å². The van der Waals surface area contributed by atoms with Crippen molar-refractivity contribution in [2.24, 2.45) is 17.8 Å². The molecular weight excluding hydrogens is 580 g/mol. The first-order valence-electron chi connectivity index (χ1n) is 16.5. The van der Waals surface area contributed by atoms with Crippen molar-refractivity contribution in [2.45, 2.75) is 134 Å². The molecule has 250 valence electrons. The van der Waals surface area contributed by atoms with Gasteiger partial charge in [-0.05, 0) is 57.1 Å². The van der Waals surface area contributed by atoms with Crippen LogP contribution in [0.2, 0.25) is 0 Å². The normalized spacial score (nSPS) is 47.0. The minimum absolute atomic E-state index is 0.0128. The molecule has 0 unspecified atom stereocenters. The predicted molar refractivity (Wildman–Crippen MR) is 165 cm³/mol. The number of hydrogen-bond donors (Lipinski definition) is 3. The number of rotatable bonds is 3. The molecule has 0 aromatic heterocycles. The van der Waals surface area contributed by atoms with Crippen molar-refractivity contribution in [3.63, 3.8) is 0 Å². The van der Waals surface area contributed by atoms with Gasteiger partial charge < -0.3 is 39.0 Å². The first-order valence-corrected chi connectivity index (χ1v) is 16.5. The summed E-state index contributed by atoms with van der Waals surface area (Å²) in [6.45, 7) is 11.5. The first kappa shape index (κ1) is 34.0. The molecule has 0 amide bonds. The number of carbonyl (C=O) groups excluding carboxylic acids is 2. The average Bonchev–Trinajstić information content (AvgIpc) is 3.32. The number of allylic oxidation sites excluding steroid dienone is 4. The van der Waals surface area contributed by atoms with Crippen LogP contribution in [0.15, 0.2) is 47.1 Å². The molecule has 10 nitrogen and oxygen atoms in total. The van der Waals surface area contributed by atoms with Crippen molar-refractivity contribution in [2.75, 3.05) is 6.61 Å². The molecule has 4 aliphatic heterocycles. The van der Waals surface area contributed by atoms with Gasteiger partial charge in [0.15, 0.2) is 0 Å². The van der Waals surface area contributed by atoms with Crippen LogP contribution in [0.25, 0.3) is 0 Å². The lowest BCUT2D eigenvalue weighted by atomic mass is 9.71. The summed E-state index contributed by atoms with van der Waals surface area (Å²) in [4.78, 5) is 26.5. The van der Waals surface area contributed by atoms with E-state index in [4.69, 9.17) is 23.7 Å². The van der Waals surface area contributed by atoms with E-state index in [0.717, 1.165) is 12.0 Å². The van der Waals surface area contributed by atoms with Crippen LogP contribution in [0.3, 0.4) is 0 Å². The zero-order chi connectivity index (χ0) is 32.7. The molecule has 1 aliphatic carbocycles. The Morgan fingerprint density at radius 2 is 1.89 bits per heavy atom. The Hall–Kier alpha value is -2.34. The molecule has 4 heterocycles. The molecule has 12 atom stereocenters. The molecule has 2 bridgehead atoms. The molecule has 10 heteroatoms. The van der Waals surface area contributed by atoms with Gasteiger partial charge in [-0.15, -0.1) is 0 Å². The molecule has 0 radical (unpaired) electrons. The Morgan fingerprint density at radius 3 is 2.60 bits per heavy atom. The molecule has 5 aliphatic rings. The molecule has 5 rings (SSSR count). The van der Waals surface area contributed by atoms with Gasteiger partial charge in [0.2, 0.25) is 5.79 Å². The van der Waals surface area contributed by atoms with Crippen LogP contribution in [0.4, 0.5) is 0 Å². The fourth-order valence-electron chi connectivity index (χ4n) is 7.81. The van der Waals surface area contributed by atoms with Gasteiger partial charge in [0.25, 0.3) is 0 Å². The second-order valence-electron chi connectivity index (χ2n) is 13.6. The highest BCUT2D eigenvalue weighted by Crippen LogP contribution is 2.48. The lowest BCUT2D eigenvalue weighted by molar-refractivity contribution is -0.384. The third-order valence-corrected chi connectivity index (χ3v) is 10.3. The Morgan fingerprint density at radius 1 is 1.13 bits per heavy atom. The number of aliphatic hydroxyl groups excluding tert-OH is 2. The fraction of sp³-hybridized carbons (Fsp3) is 0.714. The summed E-state index contributed by atoms with van der Waals surface area (Å²) in [5.41, 5.74) is 0.357. The van der Waals surface area contributed by atoms with Gasteiger partial charge in [-0.1, -0.05) is 56.7 Å². The third kappa shape index (κ3) is 6.47. The Kier molecular flexibility index (Phi) is 10.1. The summed E-state index contributed by atoms with van der Waals surface area (Å²) in [6, 6.07) is 0. The largest absolute Gasteiger partial charge is 0.462 e. The average molecular weight is 631 g/mol. The van der Waals surface area contributed by atoms with Crippen molar-refractivity contribution in [3.8, 4) is 0 Å². The number of esters is 2. The molecule has 1 spiro atoms. The van der Waals surface area contributed by atoms with Gasteiger partial charge >= 0.3 is 11.9 Å². The minimum Gasteiger partial charge on any atom is -0.462 e. The number of aliphatic hydroxyl groups is 3. The maximum absolute atomic E-state index is 14.1. The van der Waals surface area contributed by atoms with E-state index in [0.29, 0.717) is 30.4 Å². The van der Waals surface area contributed by atoms with E-state index in [2.05, 4.69) is 19.9 Å². The summed E-state index contributed by atoms with van der Waals surface area (Å²) >= 11 is 0. The first-order chi connectivity index (χ1) is 21.3. The summed E-state index contributed by atoms with van der Waals surface area (Å²) in [6.07, 6.45) is 5.88. The quantitative estimate of drug-likeness (QED) is 0.311. The lowest BCUT2D eigenvalue weighted by Crippen LogP contribution is -2.67. The van der Waals surface area contributed by atoms with E-state index >= 15 is 0 Å². The van der Waals surface area contributed by atoms with Gasteiger partial charge in [0.05, 0.1) is 18.8 Å². The Labute approximate surface area is 266 Å². The van der Waals surface area contributed by atoms with E-state index in [1.54, 1.807) is 26.0 Å². The molecule has 3 saturated heterocycles. The van der Waals surface area contributed by atoms with Crippen LogP contribution in [0.5, 0.6) is 0 Å². The van der Waals surface area contributed by atoms with Crippen LogP contribution in [-0.4, -0.2) is 88.0 Å². The molecular formula is C35H50O10. The standard InChI is InChI=1S/C35H50O10/c1-7-26-22(6)44-34(31(38)30(26)43-28(36)8-2)17-25-16-24(45-34)13-12-20(4)14-19(3)10-9-11-23-18-41-32-29(37)21(5)15-27(33(39)42-25)35(23,32)40/h9-12,15,19,22,24-27,29-32,37-38,40H,7-8,13-14,16-18H2,1-6H3/b10-9+,20-12+,23-11+/t19-,22+,24+,25-,26+,27-,29+,30+,31-,32+,34+,35+/m0/s1. The third-order valence-electron chi connectivity index (χ3n) is 10.3. The Bertz CT molecular complexity index is 1250. The van der Waals surface area contributed by atoms with Gasteiger partial charge in [-0.3, -0.25) is 9.59 Å². The zero-order valence-corrected chi connectivity index (χ0v) is 27.3. The highest BCUT2D eigenvalue weighted by molar-refractivity contribution is 5.78. The number of fused-ring (bicyclic) bond motifs is 2. The second kappa shape index (κ2) is 13.4. The van der Waals surface area contributed by atoms with E-state index in [9.17, 15) is 24.9 Å². The summed E-state index contributed by atoms with van der Waals surface area (Å²) in [5, 5.41) is 34.9. The van der Waals surface area contributed by atoms with Gasteiger partial charge in [-0.25, -0.2) is 0 Å². The SMILES string of the molecule is CCC(=O)O[C@@H]1[C@H](CC)[C@@H](C)O[C@@]2(C[C@@H]3C[C@@H](C/C=C(\C)C[C@@H](C)/C=C/C=C4\CO[C@@H]5[C@H](O)C(C)=C[C@@H](C(=O)O3)[C@]45O)O2)[C@H]1O. The molecule has 3 fully saturated rings. The van der Waals surface area contributed by atoms with Crippen molar-refractivity contribution >= 4 is 11.9 Å². The number of carbonyl (C=O) groups is 2. The molecule has 0 aromatic carbocycles. The van der Waals surface area contributed by atoms with Crippen molar-refractivity contribution < 1.29 is 48.6 Å². The fourth-order valence-corrected chi connectivity index (χ4v) is 7.81. The monoisotopic (exact) mass is 630 g/mol. The smallest absolute Gasteiger partial charge is 0.316 e.